The summed E-state index contributed by atoms with van der Waals surface area (Å²) in [6.07, 6.45) is 12.0. The van der Waals surface area contributed by atoms with Crippen molar-refractivity contribution in [3.63, 3.8) is 0 Å². The molecule has 0 unspecified atom stereocenters. The maximum absolute atomic E-state index is 11.1. The van der Waals surface area contributed by atoms with E-state index in [2.05, 4.69) is 54.1 Å². The minimum Gasteiger partial charge on any atom is -0.467 e. The second-order valence-electron chi connectivity index (χ2n) is 13.4. The number of ketones is 2. The van der Waals surface area contributed by atoms with Crippen LogP contribution >= 0.6 is 23.5 Å². The van der Waals surface area contributed by atoms with Crippen LogP contribution in [0.4, 0.5) is 0 Å². The molecule has 0 aliphatic carbocycles. The van der Waals surface area contributed by atoms with E-state index in [0.29, 0.717) is 40.8 Å². The fourth-order valence-electron chi connectivity index (χ4n) is 4.45. The molecule has 424 valence electrons. The lowest BCUT2D eigenvalue weighted by molar-refractivity contribution is -0.179. The normalized spacial score (nSPS) is 10.1. The van der Waals surface area contributed by atoms with Gasteiger partial charge in [-0.2, -0.15) is 9.97 Å². The average molecular weight is 1100 g/mol. The lowest BCUT2D eigenvalue weighted by atomic mass is 10.3. The van der Waals surface area contributed by atoms with Crippen LogP contribution in [-0.2, 0) is 57.0 Å². The number of methoxy groups -OCH3 is 12. The quantitative estimate of drug-likeness (QED) is 0.0317. The zero-order valence-electron chi connectivity index (χ0n) is 45.6. The predicted molar refractivity (Wildman–Crippen MR) is 281 cm³/mol. The van der Waals surface area contributed by atoms with Gasteiger partial charge in [0.2, 0.25) is 37.4 Å². The number of Topliss-reactive ketones (excluding diaryl/α,β-unsaturated/α-hetero) is 1. The van der Waals surface area contributed by atoms with Crippen LogP contribution in [0.25, 0.3) is 0 Å². The Bertz CT molecular complexity index is 1980. The van der Waals surface area contributed by atoms with Crippen molar-refractivity contribution in [2.75, 3.05) is 126 Å². The van der Waals surface area contributed by atoms with Crippen LogP contribution in [0.3, 0.4) is 0 Å². The summed E-state index contributed by atoms with van der Waals surface area (Å²) in [5.74, 6) is -0.316. The molecular weight excluding hydrogens is 1020 g/mol. The van der Waals surface area contributed by atoms with Gasteiger partial charge in [0.25, 0.3) is 0 Å². The van der Waals surface area contributed by atoms with Crippen LogP contribution in [-0.4, -0.2) is 219 Å². The van der Waals surface area contributed by atoms with Crippen molar-refractivity contribution >= 4 is 47.7 Å². The van der Waals surface area contributed by atoms with Gasteiger partial charge in [-0.1, -0.05) is 31.0 Å². The van der Waals surface area contributed by atoms with E-state index in [0.717, 1.165) is 10.9 Å². The number of carbonyl (C=O) groups excluding carboxylic acids is 4. The molecule has 4 heterocycles. The van der Waals surface area contributed by atoms with Crippen molar-refractivity contribution in [2.24, 2.45) is 0 Å². The Kier molecular flexibility index (Phi) is 49.9. The molecule has 0 aliphatic heterocycles. The Morgan fingerprint density at radius 3 is 1.24 bits per heavy atom. The zero-order chi connectivity index (χ0) is 56.9. The molecule has 28 heteroatoms. The molecule has 0 aliphatic rings. The van der Waals surface area contributed by atoms with Crippen molar-refractivity contribution in [1.29, 1.82) is 0 Å². The standard InChI is InChI=1S/C8H12N2O3.C8H12N2O2S.C8H15NO3.C6H6N2O2.C6H6N2OS.C5H13NO2.C5H10O3.CH4/c2*1-11-7(12-2)6-4-5-9-8(10-6)13-3;1-9(2)6-5-7(10)8(11-3)12-4;2*1-10-6-7-3-2-5(4-9)8-6;1-6(2)5(7-3)8-4;1-4(6)5(7-2)8-3;/h2*4-5,7H,1-3H3;5-6,8H,1-4H3;2*2-4H,1H3;5H,1-4H3;5H,1-3H3;1H4/b;;6-5+;;;;;. The highest BCUT2D eigenvalue weighted by atomic mass is 32.2. The first-order valence-corrected chi connectivity index (χ1v) is 23.6. The van der Waals surface area contributed by atoms with E-state index in [1.165, 1.54) is 91.4 Å². The van der Waals surface area contributed by atoms with Gasteiger partial charge in [-0.05, 0) is 57.8 Å². The van der Waals surface area contributed by atoms with E-state index in [-0.39, 0.29) is 31.4 Å². The molecule has 0 saturated heterocycles. The number of thioether (sulfide) groups is 2. The summed E-state index contributed by atoms with van der Waals surface area (Å²) in [5, 5.41) is 1.35. The maximum Gasteiger partial charge on any atom is 0.316 e. The SMILES string of the molecule is C.COC(OC)C(=O)/C=C/N(C)C.COC(OC)C(C)=O.COC(OC)N(C)C.COC(OC)c1ccnc(SC)n1.COc1nccc(C(OC)OC)n1.COc1nccc(C=O)n1.CSc1nccc(C=O)n1. The lowest BCUT2D eigenvalue weighted by Crippen LogP contribution is -2.30. The van der Waals surface area contributed by atoms with Crippen LogP contribution in [0.1, 0.15) is 59.3 Å². The Balaban J connectivity index is -0.000000394. The topological polar surface area (TPSA) is 289 Å². The molecule has 4 aromatic heterocycles. The van der Waals surface area contributed by atoms with Crippen LogP contribution in [0.15, 0.2) is 71.6 Å². The molecule has 0 bridgehead atoms. The van der Waals surface area contributed by atoms with Gasteiger partial charge in [-0.3, -0.25) is 24.1 Å². The van der Waals surface area contributed by atoms with Gasteiger partial charge < -0.3 is 61.7 Å². The van der Waals surface area contributed by atoms with E-state index in [4.69, 9.17) is 42.6 Å². The number of rotatable bonds is 23. The molecule has 0 radical (unpaired) electrons. The summed E-state index contributed by atoms with van der Waals surface area (Å²) >= 11 is 2.91. The summed E-state index contributed by atoms with van der Waals surface area (Å²) in [6.45, 7) is 1.41. The third-order valence-electron chi connectivity index (χ3n) is 7.71. The Morgan fingerprint density at radius 1 is 0.520 bits per heavy atom. The summed E-state index contributed by atoms with van der Waals surface area (Å²) < 4.78 is 58.1. The Labute approximate surface area is 450 Å². The maximum atomic E-state index is 11.1. The fraction of sp³-hybridized carbons (Fsp3) is 0.532. The molecule has 0 atom stereocenters. The minimum atomic E-state index is -0.791. The fourth-order valence-corrected chi connectivity index (χ4v) is 5.18. The van der Waals surface area contributed by atoms with Crippen molar-refractivity contribution in [3.8, 4) is 12.0 Å². The van der Waals surface area contributed by atoms with Gasteiger partial charge in [-0.15, -0.1) is 0 Å². The molecule has 0 amide bonds. The number of hydrogen-bond donors (Lipinski definition) is 0. The van der Waals surface area contributed by atoms with E-state index in [1.807, 2.05) is 45.6 Å². The number of nitrogens with zero attached hydrogens (tertiary/aromatic N) is 10. The van der Waals surface area contributed by atoms with Crippen molar-refractivity contribution in [3.05, 3.63) is 84.1 Å². The molecule has 4 rings (SSSR count). The van der Waals surface area contributed by atoms with E-state index in [1.54, 1.807) is 90.5 Å². The molecule has 75 heavy (non-hydrogen) atoms. The number of ether oxygens (including phenoxy) is 12. The predicted octanol–water partition coefficient (Wildman–Crippen LogP) is 4.78. The van der Waals surface area contributed by atoms with Gasteiger partial charge in [0.05, 0.1) is 14.2 Å². The molecular formula is C47H78N10O16S2. The second-order valence-corrected chi connectivity index (χ2v) is 14.9. The van der Waals surface area contributed by atoms with Crippen molar-refractivity contribution in [1.82, 2.24) is 49.7 Å². The summed E-state index contributed by atoms with van der Waals surface area (Å²) in [5.41, 5.74) is 2.13. The molecule has 0 aromatic carbocycles. The third-order valence-corrected chi connectivity index (χ3v) is 8.84. The first-order valence-electron chi connectivity index (χ1n) is 21.1. The average Bonchev–Trinajstić information content (AvgIpc) is 3.43. The molecule has 0 saturated carbocycles. The van der Waals surface area contributed by atoms with Crippen LogP contribution < -0.4 is 9.47 Å². The summed E-state index contributed by atoms with van der Waals surface area (Å²) in [6, 6.07) is 7.08. The van der Waals surface area contributed by atoms with Gasteiger partial charge in [-0.25, -0.2) is 29.9 Å². The highest BCUT2D eigenvalue weighted by Crippen LogP contribution is 2.17. The minimum absolute atomic E-state index is 0. The molecule has 26 nitrogen and oxygen atoms in total. The first kappa shape index (κ1) is 75.9. The van der Waals surface area contributed by atoms with Gasteiger partial charge in [0.1, 0.15) is 22.8 Å². The number of aromatic nitrogens is 8. The smallest absolute Gasteiger partial charge is 0.316 e. The molecule has 0 spiro atoms. The number of hydrogen-bond acceptors (Lipinski definition) is 28. The summed E-state index contributed by atoms with van der Waals surface area (Å²) in [7, 11) is 25.6. The highest BCUT2D eigenvalue weighted by Gasteiger charge is 2.14. The molecule has 4 aromatic rings. The number of carbonyl (C=O) groups is 4. The Morgan fingerprint density at radius 2 is 0.907 bits per heavy atom. The van der Waals surface area contributed by atoms with Crippen molar-refractivity contribution in [2.45, 2.75) is 56.2 Å². The lowest BCUT2D eigenvalue weighted by Gasteiger charge is -2.19. The molecule has 0 fully saturated rings. The largest absolute Gasteiger partial charge is 0.467 e. The van der Waals surface area contributed by atoms with Gasteiger partial charge >= 0.3 is 12.0 Å². The van der Waals surface area contributed by atoms with E-state index < -0.39 is 25.2 Å². The highest BCUT2D eigenvalue weighted by molar-refractivity contribution is 7.98. The van der Waals surface area contributed by atoms with Gasteiger partial charge in [0.15, 0.2) is 28.7 Å². The van der Waals surface area contributed by atoms with Crippen LogP contribution in [0.2, 0.25) is 0 Å². The third kappa shape index (κ3) is 36.1. The van der Waals surface area contributed by atoms with E-state index >= 15 is 0 Å². The van der Waals surface area contributed by atoms with Gasteiger partial charge in [0, 0.05) is 122 Å². The molecule has 0 N–H and O–H groups in total. The summed E-state index contributed by atoms with van der Waals surface area (Å²) in [4.78, 5) is 76.8. The monoisotopic (exact) mass is 1100 g/mol. The first-order chi connectivity index (χ1) is 35.4. The number of aldehydes is 2. The Hall–Kier alpha value is -5.60. The second kappa shape index (κ2) is 49.3. The zero-order valence-corrected chi connectivity index (χ0v) is 47.3. The van der Waals surface area contributed by atoms with E-state index in [9.17, 15) is 19.2 Å². The van der Waals surface area contributed by atoms with Crippen LogP contribution in [0, 0.1) is 0 Å². The van der Waals surface area contributed by atoms with Crippen LogP contribution in [0.5, 0.6) is 12.0 Å². The van der Waals surface area contributed by atoms with Crippen molar-refractivity contribution < 1.29 is 76.0 Å².